The molecule has 0 unspecified atom stereocenters. The van der Waals surface area contributed by atoms with Crippen LogP contribution >= 0.6 is 11.6 Å². The number of rotatable bonds is 6. The molecule has 1 N–H and O–H groups in total. The van der Waals surface area contributed by atoms with Crippen molar-refractivity contribution in [2.24, 2.45) is 0 Å². The molecule has 1 aromatic carbocycles. The lowest BCUT2D eigenvalue weighted by Crippen LogP contribution is -2.33. The SMILES string of the molecule is CN(C)S(=O)(=O)c1ccc(Cl)c(C(=O)NCCN2CCCC2)c1. The third-order valence-electron chi connectivity index (χ3n) is 3.87. The normalized spacial score (nSPS) is 16.0. The molecule has 23 heavy (non-hydrogen) atoms. The van der Waals surface area contributed by atoms with Gasteiger partial charge in [-0.15, -0.1) is 0 Å². The maximum Gasteiger partial charge on any atom is 0.252 e. The average Bonchev–Trinajstić information content (AvgIpc) is 3.00. The minimum atomic E-state index is -3.60. The van der Waals surface area contributed by atoms with E-state index >= 15 is 0 Å². The van der Waals surface area contributed by atoms with Crippen molar-refractivity contribution in [3.63, 3.8) is 0 Å². The van der Waals surface area contributed by atoms with Crippen molar-refractivity contribution in [1.29, 1.82) is 0 Å². The summed E-state index contributed by atoms with van der Waals surface area (Å²) in [5.74, 6) is -0.356. The van der Waals surface area contributed by atoms with Gasteiger partial charge >= 0.3 is 0 Å². The van der Waals surface area contributed by atoms with E-state index in [0.717, 1.165) is 23.9 Å². The molecule has 0 bridgehead atoms. The summed E-state index contributed by atoms with van der Waals surface area (Å²) in [6, 6.07) is 4.16. The molecule has 0 spiro atoms. The van der Waals surface area contributed by atoms with E-state index < -0.39 is 10.0 Å². The van der Waals surface area contributed by atoms with Gasteiger partial charge in [0, 0.05) is 27.2 Å². The molecular weight excluding hydrogens is 338 g/mol. The van der Waals surface area contributed by atoms with Gasteiger partial charge in [0.15, 0.2) is 0 Å². The lowest BCUT2D eigenvalue weighted by atomic mass is 10.2. The molecule has 8 heteroatoms. The number of nitrogens with zero attached hydrogens (tertiary/aromatic N) is 2. The van der Waals surface area contributed by atoms with E-state index in [1.165, 1.54) is 45.1 Å². The van der Waals surface area contributed by atoms with Crippen molar-refractivity contribution < 1.29 is 13.2 Å². The summed E-state index contributed by atoms with van der Waals surface area (Å²) in [5.41, 5.74) is 0.177. The Kier molecular flexibility index (Phi) is 6.02. The van der Waals surface area contributed by atoms with E-state index in [1.807, 2.05) is 0 Å². The van der Waals surface area contributed by atoms with Gasteiger partial charge in [0.2, 0.25) is 10.0 Å². The third-order valence-corrected chi connectivity index (χ3v) is 6.01. The van der Waals surface area contributed by atoms with Crippen LogP contribution in [0.3, 0.4) is 0 Å². The molecule has 1 heterocycles. The van der Waals surface area contributed by atoms with Crippen LogP contribution in [0.4, 0.5) is 0 Å². The average molecular weight is 360 g/mol. The molecule has 128 valence electrons. The first-order valence-electron chi connectivity index (χ1n) is 7.55. The number of nitrogens with one attached hydrogen (secondary N) is 1. The lowest BCUT2D eigenvalue weighted by Gasteiger charge is -2.16. The Bertz CT molecular complexity index is 671. The highest BCUT2D eigenvalue weighted by Gasteiger charge is 2.21. The number of likely N-dealkylation sites (tertiary alicyclic amines) is 1. The molecule has 0 atom stereocenters. The minimum absolute atomic E-state index is 0.0524. The first kappa shape index (κ1) is 18.2. The Morgan fingerprint density at radius 3 is 2.57 bits per heavy atom. The number of hydrogen-bond acceptors (Lipinski definition) is 4. The van der Waals surface area contributed by atoms with Gasteiger partial charge in [0.1, 0.15) is 0 Å². The van der Waals surface area contributed by atoms with E-state index in [9.17, 15) is 13.2 Å². The van der Waals surface area contributed by atoms with Crippen LogP contribution < -0.4 is 5.32 Å². The number of sulfonamides is 1. The first-order valence-corrected chi connectivity index (χ1v) is 9.37. The monoisotopic (exact) mass is 359 g/mol. The van der Waals surface area contributed by atoms with Gasteiger partial charge in [-0.2, -0.15) is 0 Å². The smallest absolute Gasteiger partial charge is 0.252 e. The molecule has 1 amide bonds. The number of carbonyl (C=O) groups excluding carboxylic acids is 1. The largest absolute Gasteiger partial charge is 0.351 e. The van der Waals surface area contributed by atoms with Gasteiger partial charge in [-0.3, -0.25) is 4.79 Å². The van der Waals surface area contributed by atoms with Gasteiger partial charge in [-0.1, -0.05) is 11.6 Å². The predicted molar refractivity (Wildman–Crippen MR) is 90.3 cm³/mol. The zero-order valence-electron chi connectivity index (χ0n) is 13.4. The summed E-state index contributed by atoms with van der Waals surface area (Å²) in [6.45, 7) is 3.43. The second-order valence-corrected chi connectivity index (χ2v) is 8.29. The molecular formula is C15H22ClN3O3S. The van der Waals surface area contributed by atoms with Crippen molar-refractivity contribution in [3.8, 4) is 0 Å². The third kappa shape index (κ3) is 4.44. The van der Waals surface area contributed by atoms with Crippen LogP contribution in [-0.4, -0.2) is 63.8 Å². The zero-order valence-corrected chi connectivity index (χ0v) is 15.0. The van der Waals surface area contributed by atoms with Crippen LogP contribution in [0.15, 0.2) is 23.1 Å². The first-order chi connectivity index (χ1) is 10.8. The highest BCUT2D eigenvalue weighted by Crippen LogP contribution is 2.22. The number of benzene rings is 1. The molecule has 1 aromatic rings. The van der Waals surface area contributed by atoms with E-state index in [2.05, 4.69) is 10.2 Å². The van der Waals surface area contributed by atoms with Gasteiger partial charge in [-0.05, 0) is 44.1 Å². The molecule has 0 aliphatic carbocycles. The van der Waals surface area contributed by atoms with Crippen molar-refractivity contribution in [3.05, 3.63) is 28.8 Å². The second kappa shape index (κ2) is 7.61. The fraction of sp³-hybridized carbons (Fsp3) is 0.533. The highest BCUT2D eigenvalue weighted by molar-refractivity contribution is 7.89. The number of halogens is 1. The standard InChI is InChI=1S/C15H22ClN3O3S/c1-18(2)23(21,22)12-5-6-14(16)13(11-12)15(20)17-7-10-19-8-3-4-9-19/h5-6,11H,3-4,7-10H2,1-2H3,(H,17,20). The summed E-state index contributed by atoms with van der Waals surface area (Å²) in [4.78, 5) is 14.6. The summed E-state index contributed by atoms with van der Waals surface area (Å²) in [7, 11) is -0.708. The Morgan fingerprint density at radius 2 is 1.96 bits per heavy atom. The summed E-state index contributed by atoms with van der Waals surface area (Å²) in [5, 5.41) is 3.04. The fourth-order valence-corrected chi connectivity index (χ4v) is 3.61. The van der Waals surface area contributed by atoms with Gasteiger partial charge in [0.25, 0.3) is 5.91 Å². The van der Waals surface area contributed by atoms with Gasteiger partial charge in [0.05, 0.1) is 15.5 Å². The quantitative estimate of drug-likeness (QED) is 0.833. The van der Waals surface area contributed by atoms with E-state index in [-0.39, 0.29) is 21.4 Å². The summed E-state index contributed by atoms with van der Waals surface area (Å²) < 4.78 is 25.4. The Balaban J connectivity index is 2.07. The summed E-state index contributed by atoms with van der Waals surface area (Å²) >= 11 is 6.05. The molecule has 1 aliphatic rings. The second-order valence-electron chi connectivity index (χ2n) is 5.73. The van der Waals surface area contributed by atoms with E-state index in [4.69, 9.17) is 11.6 Å². The Labute approximate surface area is 142 Å². The molecule has 0 radical (unpaired) electrons. The molecule has 1 aliphatic heterocycles. The van der Waals surface area contributed by atoms with Crippen molar-refractivity contribution in [2.45, 2.75) is 17.7 Å². The zero-order chi connectivity index (χ0) is 17.0. The van der Waals surface area contributed by atoms with Crippen LogP contribution in [0.5, 0.6) is 0 Å². The fourth-order valence-electron chi connectivity index (χ4n) is 2.48. The van der Waals surface area contributed by atoms with E-state index in [1.54, 1.807) is 0 Å². The van der Waals surface area contributed by atoms with Crippen LogP contribution in [-0.2, 0) is 10.0 Å². The lowest BCUT2D eigenvalue weighted by molar-refractivity contribution is 0.0949. The van der Waals surface area contributed by atoms with Crippen molar-refractivity contribution in [2.75, 3.05) is 40.3 Å². The van der Waals surface area contributed by atoms with Crippen LogP contribution in [0, 0.1) is 0 Å². The van der Waals surface area contributed by atoms with Crippen LogP contribution in [0.1, 0.15) is 23.2 Å². The maximum absolute atomic E-state index is 12.3. The number of hydrogen-bond donors (Lipinski definition) is 1. The maximum atomic E-state index is 12.3. The topological polar surface area (TPSA) is 69.7 Å². The summed E-state index contributed by atoms with van der Waals surface area (Å²) in [6.07, 6.45) is 2.40. The van der Waals surface area contributed by atoms with E-state index in [0.29, 0.717) is 6.54 Å². The molecule has 6 nitrogen and oxygen atoms in total. The Morgan fingerprint density at radius 1 is 1.30 bits per heavy atom. The Hall–Kier alpha value is -1.15. The van der Waals surface area contributed by atoms with Gasteiger partial charge in [-0.25, -0.2) is 12.7 Å². The van der Waals surface area contributed by atoms with Gasteiger partial charge < -0.3 is 10.2 Å². The molecule has 1 saturated heterocycles. The number of carbonyl (C=O) groups is 1. The number of amides is 1. The van der Waals surface area contributed by atoms with Crippen molar-refractivity contribution >= 4 is 27.5 Å². The van der Waals surface area contributed by atoms with Crippen molar-refractivity contribution in [1.82, 2.24) is 14.5 Å². The molecule has 2 rings (SSSR count). The highest BCUT2D eigenvalue weighted by atomic mass is 35.5. The predicted octanol–water partition coefficient (Wildman–Crippen LogP) is 1.42. The minimum Gasteiger partial charge on any atom is -0.351 e. The van der Waals surface area contributed by atoms with Crippen LogP contribution in [0.25, 0.3) is 0 Å². The molecule has 0 saturated carbocycles. The van der Waals surface area contributed by atoms with Crippen LogP contribution in [0.2, 0.25) is 5.02 Å². The molecule has 0 aromatic heterocycles. The molecule has 1 fully saturated rings.